The molecule has 4 heteroatoms. The summed E-state index contributed by atoms with van der Waals surface area (Å²) in [6, 6.07) is 0.253. The molecule has 0 amide bonds. The molecule has 0 spiro atoms. The fourth-order valence-corrected chi connectivity index (χ4v) is 1.20. The van der Waals surface area contributed by atoms with E-state index in [1.165, 1.54) is 0 Å². The zero-order valence-corrected chi connectivity index (χ0v) is 8.14. The fourth-order valence-electron chi connectivity index (χ4n) is 1.20. The first kappa shape index (κ1) is 9.92. The van der Waals surface area contributed by atoms with Gasteiger partial charge in [0.25, 0.3) is 0 Å². The Labute approximate surface area is 78.5 Å². The molecule has 0 aliphatic rings. The van der Waals surface area contributed by atoms with Crippen molar-refractivity contribution >= 4 is 0 Å². The maximum absolute atomic E-state index is 5.89. The predicted molar refractivity (Wildman–Crippen MR) is 52.1 cm³/mol. The number of rotatable bonds is 4. The lowest BCUT2D eigenvalue weighted by Gasteiger charge is -2.13. The number of nitrogens with two attached hydrogens (primary N) is 1. The second-order valence-corrected chi connectivity index (χ2v) is 3.32. The fraction of sp³-hybridized carbons (Fsp3) is 0.556. The maximum atomic E-state index is 5.89. The van der Waals surface area contributed by atoms with E-state index in [1.54, 1.807) is 12.4 Å². The highest BCUT2D eigenvalue weighted by Crippen LogP contribution is 2.15. The van der Waals surface area contributed by atoms with Crippen molar-refractivity contribution in [3.63, 3.8) is 0 Å². The van der Waals surface area contributed by atoms with Gasteiger partial charge in [-0.1, -0.05) is 6.08 Å². The molecule has 0 aliphatic carbocycles. The Bertz CT molecular complexity index is 277. The van der Waals surface area contributed by atoms with Gasteiger partial charge in [-0.3, -0.25) is 0 Å². The average Bonchev–Trinajstić information content (AvgIpc) is 2.52. The van der Waals surface area contributed by atoms with Crippen LogP contribution in [0.4, 0.5) is 0 Å². The molecule has 1 aromatic rings. The van der Waals surface area contributed by atoms with Gasteiger partial charge in [0.05, 0.1) is 6.04 Å². The average molecular weight is 180 g/mol. The number of nitrogens with zero attached hydrogens (tertiary/aromatic N) is 3. The summed E-state index contributed by atoms with van der Waals surface area (Å²) in [5.74, 6) is 0.829. The molecular formula is C9H16N4. The molecule has 0 fully saturated rings. The van der Waals surface area contributed by atoms with Crippen LogP contribution < -0.4 is 5.73 Å². The normalized spacial score (nSPS) is 13.2. The van der Waals surface area contributed by atoms with Gasteiger partial charge in [0, 0.05) is 6.04 Å². The van der Waals surface area contributed by atoms with Gasteiger partial charge >= 0.3 is 0 Å². The third kappa shape index (κ3) is 2.15. The molecule has 0 saturated heterocycles. The number of hydrogen-bond acceptors (Lipinski definition) is 3. The summed E-state index contributed by atoms with van der Waals surface area (Å²) in [6.45, 7) is 7.80. The van der Waals surface area contributed by atoms with Crippen molar-refractivity contribution in [2.75, 3.05) is 0 Å². The van der Waals surface area contributed by atoms with Gasteiger partial charge in [0.2, 0.25) is 0 Å². The van der Waals surface area contributed by atoms with Crippen LogP contribution in [0.15, 0.2) is 19.0 Å². The van der Waals surface area contributed by atoms with E-state index in [-0.39, 0.29) is 6.04 Å². The van der Waals surface area contributed by atoms with Crippen LogP contribution in [0.25, 0.3) is 0 Å². The Morgan fingerprint density at radius 2 is 2.38 bits per heavy atom. The molecule has 0 saturated carbocycles. The van der Waals surface area contributed by atoms with Crippen LogP contribution in [-0.2, 0) is 0 Å². The summed E-state index contributed by atoms with van der Waals surface area (Å²) in [5.41, 5.74) is 5.89. The SMILES string of the molecule is C=CCC(N)c1nncn1C(C)C. The molecule has 1 aromatic heterocycles. The molecule has 1 unspecified atom stereocenters. The monoisotopic (exact) mass is 180 g/mol. The van der Waals surface area contributed by atoms with Crippen molar-refractivity contribution in [1.82, 2.24) is 14.8 Å². The first-order valence-electron chi connectivity index (χ1n) is 4.42. The molecule has 2 N–H and O–H groups in total. The van der Waals surface area contributed by atoms with Gasteiger partial charge in [-0.2, -0.15) is 0 Å². The second kappa shape index (κ2) is 4.18. The zero-order chi connectivity index (χ0) is 9.84. The first-order valence-corrected chi connectivity index (χ1v) is 4.42. The van der Waals surface area contributed by atoms with E-state index in [0.717, 1.165) is 12.2 Å². The topological polar surface area (TPSA) is 56.7 Å². The van der Waals surface area contributed by atoms with Crippen LogP contribution in [0.5, 0.6) is 0 Å². The molecule has 0 aliphatic heterocycles. The smallest absolute Gasteiger partial charge is 0.150 e. The van der Waals surface area contributed by atoms with Gasteiger partial charge < -0.3 is 10.3 Å². The number of aromatic nitrogens is 3. The highest BCUT2D eigenvalue weighted by atomic mass is 15.3. The van der Waals surface area contributed by atoms with E-state index in [0.29, 0.717) is 6.04 Å². The van der Waals surface area contributed by atoms with E-state index in [4.69, 9.17) is 5.73 Å². The standard InChI is InChI=1S/C9H16N4/c1-4-5-8(10)9-12-11-6-13(9)7(2)3/h4,6-8H,1,5,10H2,2-3H3. The van der Waals surface area contributed by atoms with Crippen molar-refractivity contribution in [2.45, 2.75) is 32.4 Å². The molecule has 1 heterocycles. The van der Waals surface area contributed by atoms with Crippen molar-refractivity contribution < 1.29 is 0 Å². The summed E-state index contributed by atoms with van der Waals surface area (Å²) in [6.07, 6.45) is 4.23. The Hall–Kier alpha value is -1.16. The van der Waals surface area contributed by atoms with Crippen LogP contribution in [0.1, 0.15) is 38.2 Å². The minimum atomic E-state index is -0.0950. The van der Waals surface area contributed by atoms with Gasteiger partial charge in [0.15, 0.2) is 0 Å². The predicted octanol–water partition coefficient (Wildman–Crippen LogP) is 1.43. The second-order valence-electron chi connectivity index (χ2n) is 3.32. The third-order valence-corrected chi connectivity index (χ3v) is 1.91. The lowest BCUT2D eigenvalue weighted by molar-refractivity contribution is 0.531. The van der Waals surface area contributed by atoms with Crippen molar-refractivity contribution in [1.29, 1.82) is 0 Å². The maximum Gasteiger partial charge on any atom is 0.150 e. The minimum Gasteiger partial charge on any atom is -0.321 e. The number of hydrogen-bond donors (Lipinski definition) is 1. The summed E-state index contributed by atoms with van der Waals surface area (Å²) >= 11 is 0. The molecule has 13 heavy (non-hydrogen) atoms. The van der Waals surface area contributed by atoms with Gasteiger partial charge in [-0.25, -0.2) is 0 Å². The van der Waals surface area contributed by atoms with Gasteiger partial charge in [0.1, 0.15) is 12.2 Å². The largest absolute Gasteiger partial charge is 0.321 e. The van der Waals surface area contributed by atoms with Crippen LogP contribution in [0, 0.1) is 0 Å². The van der Waals surface area contributed by atoms with Crippen LogP contribution >= 0.6 is 0 Å². The summed E-state index contributed by atoms with van der Waals surface area (Å²) < 4.78 is 1.98. The molecule has 72 valence electrons. The Morgan fingerprint density at radius 1 is 1.69 bits per heavy atom. The van der Waals surface area contributed by atoms with Gasteiger partial charge in [-0.15, -0.1) is 16.8 Å². The lowest BCUT2D eigenvalue weighted by Crippen LogP contribution is -2.17. The molecular weight excluding hydrogens is 164 g/mol. The molecule has 0 aromatic carbocycles. The van der Waals surface area contributed by atoms with E-state index in [2.05, 4.69) is 30.6 Å². The lowest BCUT2D eigenvalue weighted by atomic mass is 10.2. The quantitative estimate of drug-likeness (QED) is 0.713. The first-order chi connectivity index (χ1) is 6.16. The highest BCUT2D eigenvalue weighted by Gasteiger charge is 2.13. The van der Waals surface area contributed by atoms with Gasteiger partial charge in [-0.05, 0) is 20.3 Å². The molecule has 0 bridgehead atoms. The van der Waals surface area contributed by atoms with E-state index < -0.39 is 0 Å². The van der Waals surface area contributed by atoms with Crippen molar-refractivity contribution in [2.24, 2.45) is 5.73 Å². The van der Waals surface area contributed by atoms with E-state index >= 15 is 0 Å². The molecule has 1 rings (SSSR count). The Balaban J connectivity index is 2.86. The van der Waals surface area contributed by atoms with E-state index in [9.17, 15) is 0 Å². The van der Waals surface area contributed by atoms with E-state index in [1.807, 2.05) is 4.57 Å². The zero-order valence-electron chi connectivity index (χ0n) is 8.14. The van der Waals surface area contributed by atoms with Crippen molar-refractivity contribution in [3.8, 4) is 0 Å². The van der Waals surface area contributed by atoms with Crippen LogP contribution in [0.3, 0.4) is 0 Å². The molecule has 0 radical (unpaired) electrons. The Kier molecular flexibility index (Phi) is 3.19. The molecule has 4 nitrogen and oxygen atoms in total. The summed E-state index contributed by atoms with van der Waals surface area (Å²) in [7, 11) is 0. The van der Waals surface area contributed by atoms with Crippen LogP contribution in [0.2, 0.25) is 0 Å². The third-order valence-electron chi connectivity index (χ3n) is 1.91. The van der Waals surface area contributed by atoms with Crippen molar-refractivity contribution in [3.05, 3.63) is 24.8 Å². The summed E-state index contributed by atoms with van der Waals surface area (Å²) in [5, 5.41) is 7.84. The summed E-state index contributed by atoms with van der Waals surface area (Å²) in [4.78, 5) is 0. The highest BCUT2D eigenvalue weighted by molar-refractivity contribution is 4.97. The molecule has 1 atom stereocenters. The minimum absolute atomic E-state index is 0.0950. The van der Waals surface area contributed by atoms with Crippen LogP contribution in [-0.4, -0.2) is 14.8 Å². The Morgan fingerprint density at radius 3 is 2.92 bits per heavy atom.